The number of benzene rings is 1. The first kappa shape index (κ1) is 13.6. The van der Waals surface area contributed by atoms with Gasteiger partial charge in [0.15, 0.2) is 0 Å². The SMILES string of the molecule is COc1ccsc1C(=O)Nc1ccc(CCO)cc1. The van der Waals surface area contributed by atoms with Crippen molar-refractivity contribution in [2.45, 2.75) is 6.42 Å². The molecule has 2 rings (SSSR count). The van der Waals surface area contributed by atoms with Gasteiger partial charge in [0.05, 0.1) is 7.11 Å². The predicted octanol–water partition coefficient (Wildman–Crippen LogP) is 2.54. The molecule has 0 aliphatic rings. The van der Waals surface area contributed by atoms with Crippen LogP contribution < -0.4 is 10.1 Å². The zero-order valence-electron chi connectivity index (χ0n) is 10.6. The second-order valence-electron chi connectivity index (χ2n) is 3.94. The molecule has 0 saturated carbocycles. The Bertz CT molecular complexity index is 548. The van der Waals surface area contributed by atoms with Crippen LogP contribution in [0.1, 0.15) is 15.2 Å². The van der Waals surface area contributed by atoms with Crippen LogP contribution in [-0.2, 0) is 6.42 Å². The predicted molar refractivity (Wildman–Crippen MR) is 76.1 cm³/mol. The van der Waals surface area contributed by atoms with Gasteiger partial charge in [-0.1, -0.05) is 12.1 Å². The fourth-order valence-electron chi connectivity index (χ4n) is 1.70. The van der Waals surface area contributed by atoms with Gasteiger partial charge in [-0.3, -0.25) is 4.79 Å². The van der Waals surface area contributed by atoms with Gasteiger partial charge in [-0.05, 0) is 35.6 Å². The monoisotopic (exact) mass is 277 g/mol. The maximum atomic E-state index is 12.0. The van der Waals surface area contributed by atoms with E-state index < -0.39 is 0 Å². The molecular formula is C14H15NO3S. The third-order valence-electron chi connectivity index (χ3n) is 2.67. The number of thiophene rings is 1. The Hall–Kier alpha value is -1.85. The number of nitrogens with one attached hydrogen (secondary N) is 1. The van der Waals surface area contributed by atoms with E-state index in [1.807, 2.05) is 29.6 Å². The first-order valence-corrected chi connectivity index (χ1v) is 6.75. The van der Waals surface area contributed by atoms with Crippen LogP contribution >= 0.6 is 11.3 Å². The van der Waals surface area contributed by atoms with Crippen molar-refractivity contribution in [1.29, 1.82) is 0 Å². The zero-order chi connectivity index (χ0) is 13.7. The van der Waals surface area contributed by atoms with Crippen molar-refractivity contribution in [2.75, 3.05) is 19.0 Å². The van der Waals surface area contributed by atoms with E-state index in [4.69, 9.17) is 9.84 Å². The van der Waals surface area contributed by atoms with E-state index in [1.165, 1.54) is 11.3 Å². The molecule has 100 valence electrons. The van der Waals surface area contributed by atoms with Gasteiger partial charge in [0.1, 0.15) is 10.6 Å². The van der Waals surface area contributed by atoms with Crippen molar-refractivity contribution < 1.29 is 14.6 Å². The number of carbonyl (C=O) groups is 1. The number of hydrogen-bond donors (Lipinski definition) is 2. The maximum absolute atomic E-state index is 12.0. The molecule has 0 radical (unpaired) electrons. The van der Waals surface area contributed by atoms with Crippen LogP contribution in [0.2, 0.25) is 0 Å². The third kappa shape index (κ3) is 3.33. The highest BCUT2D eigenvalue weighted by molar-refractivity contribution is 7.12. The summed E-state index contributed by atoms with van der Waals surface area (Å²) in [6, 6.07) is 9.19. The fourth-order valence-corrected chi connectivity index (χ4v) is 2.45. The summed E-state index contributed by atoms with van der Waals surface area (Å²) in [5.41, 5.74) is 1.76. The molecule has 4 nitrogen and oxygen atoms in total. The molecule has 0 unspecified atom stereocenters. The van der Waals surface area contributed by atoms with E-state index >= 15 is 0 Å². The number of aliphatic hydroxyl groups excluding tert-OH is 1. The summed E-state index contributed by atoms with van der Waals surface area (Å²) in [5, 5.41) is 13.5. The lowest BCUT2D eigenvalue weighted by molar-refractivity contribution is 0.102. The van der Waals surface area contributed by atoms with Crippen molar-refractivity contribution in [2.24, 2.45) is 0 Å². The zero-order valence-corrected chi connectivity index (χ0v) is 11.4. The molecule has 0 aliphatic carbocycles. The highest BCUT2D eigenvalue weighted by Crippen LogP contribution is 2.25. The van der Waals surface area contributed by atoms with Crippen LogP contribution in [0.25, 0.3) is 0 Å². The number of amides is 1. The molecule has 0 fully saturated rings. The summed E-state index contributed by atoms with van der Waals surface area (Å²) in [7, 11) is 1.54. The highest BCUT2D eigenvalue weighted by atomic mass is 32.1. The number of aliphatic hydroxyl groups is 1. The van der Waals surface area contributed by atoms with Gasteiger partial charge in [0, 0.05) is 12.3 Å². The van der Waals surface area contributed by atoms with Crippen LogP contribution in [0.4, 0.5) is 5.69 Å². The third-order valence-corrected chi connectivity index (χ3v) is 3.56. The van der Waals surface area contributed by atoms with Crippen molar-refractivity contribution >= 4 is 22.9 Å². The minimum Gasteiger partial charge on any atom is -0.495 e. The number of rotatable bonds is 5. The van der Waals surface area contributed by atoms with E-state index in [0.29, 0.717) is 17.0 Å². The second-order valence-corrected chi connectivity index (χ2v) is 4.86. The van der Waals surface area contributed by atoms with Crippen molar-refractivity contribution in [3.8, 4) is 5.75 Å². The molecule has 0 atom stereocenters. The van der Waals surface area contributed by atoms with Crippen LogP contribution in [-0.4, -0.2) is 24.7 Å². The average Bonchev–Trinajstić information content (AvgIpc) is 2.90. The van der Waals surface area contributed by atoms with Gasteiger partial charge in [0.25, 0.3) is 5.91 Å². The maximum Gasteiger partial charge on any atom is 0.269 e. The molecule has 0 spiro atoms. The summed E-state index contributed by atoms with van der Waals surface area (Å²) in [4.78, 5) is 12.6. The van der Waals surface area contributed by atoms with Gasteiger partial charge in [-0.2, -0.15) is 0 Å². The largest absolute Gasteiger partial charge is 0.495 e. The van der Waals surface area contributed by atoms with Gasteiger partial charge in [-0.15, -0.1) is 11.3 Å². The summed E-state index contributed by atoms with van der Waals surface area (Å²) < 4.78 is 5.12. The Balaban J connectivity index is 2.06. The second kappa shape index (κ2) is 6.36. The van der Waals surface area contributed by atoms with E-state index in [2.05, 4.69) is 5.32 Å². The fraction of sp³-hybridized carbons (Fsp3) is 0.214. The topological polar surface area (TPSA) is 58.6 Å². The minimum atomic E-state index is -0.179. The van der Waals surface area contributed by atoms with E-state index in [1.54, 1.807) is 13.2 Å². The Morgan fingerprint density at radius 3 is 2.68 bits per heavy atom. The Kier molecular flexibility index (Phi) is 4.54. The molecule has 0 aliphatic heterocycles. The lowest BCUT2D eigenvalue weighted by Crippen LogP contribution is -2.11. The van der Waals surface area contributed by atoms with Gasteiger partial charge < -0.3 is 15.2 Å². The van der Waals surface area contributed by atoms with E-state index in [0.717, 1.165) is 11.3 Å². The normalized spacial score (nSPS) is 10.2. The van der Waals surface area contributed by atoms with Crippen molar-refractivity contribution in [3.63, 3.8) is 0 Å². The number of carbonyl (C=O) groups excluding carboxylic acids is 1. The van der Waals surface area contributed by atoms with Gasteiger partial charge >= 0.3 is 0 Å². The summed E-state index contributed by atoms with van der Waals surface area (Å²) >= 11 is 1.34. The van der Waals surface area contributed by atoms with Crippen LogP contribution in [0, 0.1) is 0 Å². The minimum absolute atomic E-state index is 0.123. The van der Waals surface area contributed by atoms with Crippen molar-refractivity contribution in [1.82, 2.24) is 0 Å². The lowest BCUT2D eigenvalue weighted by Gasteiger charge is -2.06. The number of hydrogen-bond acceptors (Lipinski definition) is 4. The quantitative estimate of drug-likeness (QED) is 0.883. The molecule has 1 heterocycles. The molecule has 1 aromatic carbocycles. The molecule has 1 aromatic heterocycles. The van der Waals surface area contributed by atoms with E-state index in [9.17, 15) is 4.79 Å². The van der Waals surface area contributed by atoms with Gasteiger partial charge in [0.2, 0.25) is 0 Å². The number of ether oxygens (including phenoxy) is 1. The summed E-state index contributed by atoms with van der Waals surface area (Å²) in [6.45, 7) is 0.123. The average molecular weight is 277 g/mol. The van der Waals surface area contributed by atoms with Crippen LogP contribution in [0.15, 0.2) is 35.7 Å². The molecule has 2 aromatic rings. The van der Waals surface area contributed by atoms with Crippen molar-refractivity contribution in [3.05, 3.63) is 46.2 Å². The Labute approximate surface area is 115 Å². The highest BCUT2D eigenvalue weighted by Gasteiger charge is 2.13. The Morgan fingerprint density at radius 2 is 2.05 bits per heavy atom. The molecule has 2 N–H and O–H groups in total. The summed E-state index contributed by atoms with van der Waals surface area (Å²) in [5.74, 6) is 0.404. The summed E-state index contributed by atoms with van der Waals surface area (Å²) in [6.07, 6.45) is 0.618. The molecule has 0 saturated heterocycles. The molecule has 0 bridgehead atoms. The number of anilines is 1. The smallest absolute Gasteiger partial charge is 0.269 e. The molecule has 19 heavy (non-hydrogen) atoms. The molecule has 1 amide bonds. The first-order chi connectivity index (χ1) is 9.24. The van der Waals surface area contributed by atoms with Gasteiger partial charge in [-0.25, -0.2) is 0 Å². The molecular weight excluding hydrogens is 262 g/mol. The molecule has 5 heteroatoms. The van der Waals surface area contributed by atoms with E-state index in [-0.39, 0.29) is 12.5 Å². The van der Waals surface area contributed by atoms with Crippen LogP contribution in [0.5, 0.6) is 5.75 Å². The number of methoxy groups -OCH3 is 1. The van der Waals surface area contributed by atoms with Crippen LogP contribution in [0.3, 0.4) is 0 Å². The Morgan fingerprint density at radius 1 is 1.32 bits per heavy atom. The standard InChI is InChI=1S/C14H15NO3S/c1-18-12-7-9-19-13(12)14(17)15-11-4-2-10(3-5-11)6-8-16/h2-5,7,9,16H,6,8H2,1H3,(H,15,17). The lowest BCUT2D eigenvalue weighted by atomic mass is 10.1. The first-order valence-electron chi connectivity index (χ1n) is 5.87.